The summed E-state index contributed by atoms with van der Waals surface area (Å²) in [6, 6.07) is 2.07. The maximum Gasteiger partial charge on any atom is 0.0973 e. The Bertz CT molecular complexity index is 115. The van der Waals surface area contributed by atoms with Gasteiger partial charge in [-0.15, -0.1) is 0 Å². The van der Waals surface area contributed by atoms with Gasteiger partial charge in [0.15, 0.2) is 0 Å². The molecule has 0 aromatic carbocycles. The lowest BCUT2D eigenvalue weighted by atomic mass is 10.0. The smallest absolute Gasteiger partial charge is 0.0973 e. The van der Waals surface area contributed by atoms with Gasteiger partial charge in [0, 0.05) is 6.42 Å². The molecule has 0 saturated heterocycles. The van der Waals surface area contributed by atoms with E-state index in [1.165, 1.54) is 0 Å². The summed E-state index contributed by atoms with van der Waals surface area (Å²) >= 11 is 0. The lowest BCUT2D eigenvalue weighted by molar-refractivity contribution is 0.314. The molecule has 0 aliphatic carbocycles. The number of hydrogen-bond acceptors (Lipinski definition) is 1. The Hall–Kier alpha value is -0.580. The van der Waals surface area contributed by atoms with Crippen LogP contribution in [0.15, 0.2) is 0 Å². The molecular weight excluding hydrogens is 129 g/mol. The van der Waals surface area contributed by atoms with Crippen LogP contribution in [-0.2, 0) is 0 Å². The molecule has 0 fully saturated rings. The fraction of sp³-hybridized carbons (Fsp3) is 0.875. The predicted molar refractivity (Wildman–Crippen MR) is 39.2 cm³/mol. The zero-order valence-electron chi connectivity index (χ0n) is 6.60. The van der Waals surface area contributed by atoms with Crippen molar-refractivity contribution < 1.29 is 4.39 Å². The molecule has 0 bridgehead atoms. The molecular formula is C8H14FN. The summed E-state index contributed by atoms with van der Waals surface area (Å²) < 4.78 is 12.2. The van der Waals surface area contributed by atoms with E-state index >= 15 is 0 Å². The van der Waals surface area contributed by atoms with Gasteiger partial charge < -0.3 is 0 Å². The van der Waals surface area contributed by atoms with Crippen molar-refractivity contribution in [3.8, 4) is 6.07 Å². The third kappa shape index (κ3) is 5.55. The number of alkyl halides is 1. The van der Waals surface area contributed by atoms with Crippen LogP contribution in [-0.4, -0.2) is 6.17 Å². The average molecular weight is 143 g/mol. The Morgan fingerprint density at radius 1 is 1.40 bits per heavy atom. The third-order valence-corrected chi connectivity index (χ3v) is 1.50. The highest BCUT2D eigenvalue weighted by atomic mass is 19.1. The molecule has 1 nitrogen and oxygen atoms in total. The zero-order chi connectivity index (χ0) is 7.98. The second kappa shape index (κ2) is 5.22. The summed E-state index contributed by atoms with van der Waals surface area (Å²) in [6.45, 7) is 3.53. The molecule has 0 saturated carbocycles. The molecule has 58 valence electrons. The van der Waals surface area contributed by atoms with Gasteiger partial charge in [0.1, 0.15) is 0 Å². The molecule has 0 aromatic heterocycles. The molecule has 2 unspecified atom stereocenters. The number of nitriles is 1. The van der Waals surface area contributed by atoms with Gasteiger partial charge >= 0.3 is 0 Å². The molecule has 0 amide bonds. The van der Waals surface area contributed by atoms with Crippen LogP contribution in [0.5, 0.6) is 0 Å². The Morgan fingerprint density at radius 2 is 2.00 bits per heavy atom. The lowest BCUT2D eigenvalue weighted by Gasteiger charge is -2.05. The van der Waals surface area contributed by atoms with Crippen LogP contribution in [0.3, 0.4) is 0 Å². The molecule has 0 N–H and O–H groups in total. The fourth-order valence-corrected chi connectivity index (χ4v) is 0.772. The second-order valence-electron chi connectivity index (χ2n) is 2.83. The Labute approximate surface area is 61.9 Å². The van der Waals surface area contributed by atoms with Crippen molar-refractivity contribution in [2.24, 2.45) is 5.92 Å². The van der Waals surface area contributed by atoms with Gasteiger partial charge in [0.05, 0.1) is 12.2 Å². The molecule has 2 atom stereocenters. The van der Waals surface area contributed by atoms with Crippen LogP contribution in [0.2, 0.25) is 0 Å². The van der Waals surface area contributed by atoms with E-state index in [9.17, 15) is 4.39 Å². The second-order valence-corrected chi connectivity index (χ2v) is 2.83. The van der Waals surface area contributed by atoms with Crippen LogP contribution in [0, 0.1) is 17.2 Å². The van der Waals surface area contributed by atoms with Crippen molar-refractivity contribution in [3.63, 3.8) is 0 Å². The van der Waals surface area contributed by atoms with E-state index in [0.29, 0.717) is 18.8 Å². The molecule has 0 spiro atoms. The SMILES string of the molecule is CC(F)CCC(C)CC#N. The van der Waals surface area contributed by atoms with Crippen molar-refractivity contribution in [2.75, 3.05) is 0 Å². The fourth-order valence-electron chi connectivity index (χ4n) is 0.772. The Morgan fingerprint density at radius 3 is 2.40 bits per heavy atom. The normalized spacial score (nSPS) is 15.8. The standard InChI is InChI=1S/C8H14FN/c1-7(5-6-10)3-4-8(2)9/h7-8H,3-5H2,1-2H3. The summed E-state index contributed by atoms with van der Waals surface area (Å²) in [7, 11) is 0. The minimum absolute atomic E-state index is 0.350. The summed E-state index contributed by atoms with van der Waals surface area (Å²) in [4.78, 5) is 0. The van der Waals surface area contributed by atoms with E-state index in [-0.39, 0.29) is 0 Å². The summed E-state index contributed by atoms with van der Waals surface area (Å²) in [6.07, 6.45) is 1.24. The van der Waals surface area contributed by atoms with Gasteiger partial charge in [0.2, 0.25) is 0 Å². The van der Waals surface area contributed by atoms with Gasteiger partial charge in [-0.2, -0.15) is 5.26 Å². The highest BCUT2D eigenvalue weighted by molar-refractivity contribution is 4.73. The molecule has 0 rings (SSSR count). The molecule has 10 heavy (non-hydrogen) atoms. The zero-order valence-corrected chi connectivity index (χ0v) is 6.60. The van der Waals surface area contributed by atoms with Crippen LogP contribution >= 0.6 is 0 Å². The van der Waals surface area contributed by atoms with E-state index < -0.39 is 6.17 Å². The molecule has 0 aliphatic heterocycles. The van der Waals surface area contributed by atoms with Gasteiger partial charge in [-0.25, -0.2) is 4.39 Å². The number of hydrogen-bond donors (Lipinski definition) is 0. The van der Waals surface area contributed by atoms with Crippen molar-refractivity contribution in [1.82, 2.24) is 0 Å². The van der Waals surface area contributed by atoms with Crippen molar-refractivity contribution in [3.05, 3.63) is 0 Å². The Balaban J connectivity index is 3.23. The molecule has 0 heterocycles. The molecule has 2 heteroatoms. The van der Waals surface area contributed by atoms with Crippen LogP contribution in [0.4, 0.5) is 4.39 Å². The minimum atomic E-state index is -0.721. The monoisotopic (exact) mass is 143 g/mol. The molecule has 0 aliphatic rings. The molecule has 0 aromatic rings. The molecule has 0 radical (unpaired) electrons. The quantitative estimate of drug-likeness (QED) is 0.593. The highest BCUT2D eigenvalue weighted by Gasteiger charge is 2.03. The summed E-state index contributed by atoms with van der Waals surface area (Å²) in [5.74, 6) is 0.350. The van der Waals surface area contributed by atoms with E-state index in [4.69, 9.17) is 5.26 Å². The van der Waals surface area contributed by atoms with Crippen LogP contribution in [0.25, 0.3) is 0 Å². The van der Waals surface area contributed by atoms with E-state index in [0.717, 1.165) is 6.42 Å². The highest BCUT2D eigenvalue weighted by Crippen LogP contribution is 2.12. The summed E-state index contributed by atoms with van der Waals surface area (Å²) in [5.41, 5.74) is 0. The average Bonchev–Trinajstić information content (AvgIpc) is 1.85. The Kier molecular flexibility index (Phi) is 4.92. The number of halogens is 1. The first-order valence-electron chi connectivity index (χ1n) is 3.67. The van der Waals surface area contributed by atoms with Crippen molar-refractivity contribution in [2.45, 2.75) is 39.3 Å². The lowest BCUT2D eigenvalue weighted by Crippen LogP contribution is -1.98. The van der Waals surface area contributed by atoms with Gasteiger partial charge in [-0.05, 0) is 25.7 Å². The maximum atomic E-state index is 12.2. The summed E-state index contributed by atoms with van der Waals surface area (Å²) in [5, 5.41) is 8.26. The topological polar surface area (TPSA) is 23.8 Å². The van der Waals surface area contributed by atoms with Crippen molar-refractivity contribution in [1.29, 1.82) is 5.26 Å². The largest absolute Gasteiger partial charge is 0.248 e. The minimum Gasteiger partial charge on any atom is -0.248 e. The van der Waals surface area contributed by atoms with Crippen LogP contribution in [0.1, 0.15) is 33.1 Å². The predicted octanol–water partition coefficient (Wildman–Crippen LogP) is 2.67. The first-order chi connectivity index (χ1) is 4.66. The van der Waals surface area contributed by atoms with E-state index in [1.807, 2.05) is 6.92 Å². The first kappa shape index (κ1) is 9.42. The number of nitrogens with zero attached hydrogens (tertiary/aromatic N) is 1. The van der Waals surface area contributed by atoms with Gasteiger partial charge in [0.25, 0.3) is 0 Å². The number of rotatable bonds is 4. The van der Waals surface area contributed by atoms with E-state index in [2.05, 4.69) is 6.07 Å². The van der Waals surface area contributed by atoms with E-state index in [1.54, 1.807) is 6.92 Å². The van der Waals surface area contributed by atoms with Gasteiger partial charge in [-0.1, -0.05) is 6.92 Å². The maximum absolute atomic E-state index is 12.2. The van der Waals surface area contributed by atoms with Gasteiger partial charge in [-0.3, -0.25) is 0 Å². The van der Waals surface area contributed by atoms with Crippen LogP contribution < -0.4 is 0 Å². The van der Waals surface area contributed by atoms with Crippen molar-refractivity contribution >= 4 is 0 Å². The first-order valence-corrected chi connectivity index (χ1v) is 3.67. The third-order valence-electron chi connectivity index (χ3n) is 1.50.